The number of fused-ring (bicyclic) bond motifs is 7. The molecule has 0 spiro atoms. The van der Waals surface area contributed by atoms with Crippen LogP contribution in [0.15, 0.2) is 23.8 Å². The second kappa shape index (κ2) is 8.96. The molecule has 0 aromatic carbocycles. The van der Waals surface area contributed by atoms with Crippen molar-refractivity contribution in [3.05, 3.63) is 23.8 Å². The summed E-state index contributed by atoms with van der Waals surface area (Å²) in [7, 11) is 1.51. The number of allylic oxidation sites excluding steroid dienone is 4. The molecular weight excluding hydrogens is 511 g/mol. The van der Waals surface area contributed by atoms with E-state index in [9.17, 15) is 19.5 Å². The zero-order valence-electron chi connectivity index (χ0n) is 22.7. The molecule has 4 aliphatic carbocycles. The number of carbonyl (C=O) groups excluding carboxylic acids is 3. The Hall–Kier alpha value is -1.59. The van der Waals surface area contributed by atoms with E-state index in [0.717, 1.165) is 0 Å². The second-order valence-corrected chi connectivity index (χ2v) is 13.5. The number of ketones is 2. The Bertz CT molecular complexity index is 1130. The van der Waals surface area contributed by atoms with Gasteiger partial charge in [0.15, 0.2) is 28.6 Å². The molecule has 0 aromatic heterocycles. The van der Waals surface area contributed by atoms with Gasteiger partial charge in [-0.15, -0.1) is 0 Å². The van der Waals surface area contributed by atoms with E-state index in [1.54, 1.807) is 26.8 Å². The Morgan fingerprint density at radius 1 is 1.29 bits per heavy atom. The number of amides is 1. The molecule has 10 heteroatoms. The lowest BCUT2D eigenvalue weighted by Crippen LogP contribution is -2.69. The van der Waals surface area contributed by atoms with Gasteiger partial charge >= 0.3 is 0 Å². The van der Waals surface area contributed by atoms with Gasteiger partial charge in [-0.25, -0.2) is 4.39 Å². The highest BCUT2D eigenvalue weighted by molar-refractivity contribution is 8.00. The van der Waals surface area contributed by atoms with Crippen molar-refractivity contribution >= 4 is 29.2 Å². The predicted molar refractivity (Wildman–Crippen MR) is 141 cm³/mol. The topological polar surface area (TPSA) is 128 Å². The summed E-state index contributed by atoms with van der Waals surface area (Å²) in [5.41, 5.74) is 1.30. The first kappa shape index (κ1) is 28.0. The predicted octanol–water partition coefficient (Wildman–Crippen LogP) is 2.23. The highest BCUT2D eigenvalue weighted by Crippen LogP contribution is 2.72. The summed E-state index contributed by atoms with van der Waals surface area (Å²) in [4.78, 5) is 38.0. The molecule has 1 heterocycles. The average molecular weight is 551 g/mol. The van der Waals surface area contributed by atoms with Gasteiger partial charge in [-0.1, -0.05) is 18.6 Å². The van der Waals surface area contributed by atoms with E-state index in [4.69, 9.17) is 15.2 Å². The van der Waals surface area contributed by atoms with Crippen LogP contribution < -0.4 is 11.1 Å². The van der Waals surface area contributed by atoms with Crippen molar-refractivity contribution < 1.29 is 33.4 Å². The van der Waals surface area contributed by atoms with Gasteiger partial charge in [0.05, 0.1) is 24.0 Å². The normalized spacial score (nSPS) is 45.4. The number of thioether (sulfide) groups is 1. The molecule has 0 radical (unpaired) electrons. The number of alkyl halides is 1. The number of ether oxygens (including phenoxy) is 2. The molecule has 1 saturated heterocycles. The number of aliphatic hydroxyl groups is 1. The lowest BCUT2D eigenvalue weighted by molar-refractivity contribution is -0.245. The van der Waals surface area contributed by atoms with Crippen LogP contribution in [0.25, 0.3) is 0 Å². The Balaban J connectivity index is 1.49. The first-order valence-electron chi connectivity index (χ1n) is 13.4. The standard InChI is InChI=1S/C28H39FN2O6S/c1-24(2)36-22-11-18-17-7-6-15-10-16(32)8-9-25(15,3)27(17,29)20(33)12-26(18,4)28(22,37-24)21(34)14-38-13-19(30)23(35)31-5/h8-10,17-20,22,33H,6-7,11-14,30H2,1-5H3,(H,31,35)/t17-,18-,19?,20-,22+,25-,26-,27-,28+/m0/s1. The molecule has 9 atom stereocenters. The summed E-state index contributed by atoms with van der Waals surface area (Å²) in [5, 5.41) is 14.1. The van der Waals surface area contributed by atoms with E-state index in [-0.39, 0.29) is 41.3 Å². The molecule has 1 aliphatic heterocycles. The molecule has 4 N–H and O–H groups in total. The van der Waals surface area contributed by atoms with Gasteiger partial charge in [0.2, 0.25) is 5.91 Å². The van der Waals surface area contributed by atoms with Crippen LogP contribution >= 0.6 is 11.8 Å². The van der Waals surface area contributed by atoms with Crippen LogP contribution in [0.3, 0.4) is 0 Å². The Labute approximate surface area is 227 Å². The van der Waals surface area contributed by atoms with E-state index >= 15 is 4.39 Å². The number of nitrogens with two attached hydrogens (primary N) is 1. The maximum atomic E-state index is 17.4. The maximum Gasteiger partial charge on any atom is 0.237 e. The van der Waals surface area contributed by atoms with E-state index in [2.05, 4.69) is 5.32 Å². The fourth-order valence-corrected chi connectivity index (χ4v) is 9.38. The molecule has 0 aromatic rings. The summed E-state index contributed by atoms with van der Waals surface area (Å²) in [6, 6.07) is -0.750. The molecule has 5 rings (SSSR count). The smallest absolute Gasteiger partial charge is 0.237 e. The van der Waals surface area contributed by atoms with Crippen molar-refractivity contribution in [1.29, 1.82) is 0 Å². The molecule has 0 bridgehead atoms. The lowest BCUT2D eigenvalue weighted by Gasteiger charge is -2.62. The molecule has 210 valence electrons. The number of hydrogen-bond donors (Lipinski definition) is 3. The summed E-state index contributed by atoms with van der Waals surface area (Å²) >= 11 is 1.26. The SMILES string of the molecule is CNC(=O)C(N)CSCC(=O)[C@@]12OC(C)(C)O[C@@H]1C[C@H]1[C@@H]3CCC4=CC(=O)C=C[C@]4(C)[C@@]3(F)[C@@H](O)C[C@@]12C. The van der Waals surface area contributed by atoms with Gasteiger partial charge < -0.3 is 25.6 Å². The molecule has 5 aliphatic rings. The van der Waals surface area contributed by atoms with Crippen molar-refractivity contribution in [2.45, 2.75) is 88.7 Å². The van der Waals surface area contributed by atoms with Crippen LogP contribution in [0.5, 0.6) is 0 Å². The number of likely N-dealkylation sites (N-methyl/N-ethyl adjacent to an activating group) is 1. The molecule has 1 amide bonds. The summed E-state index contributed by atoms with van der Waals surface area (Å²) in [6.45, 7) is 7.26. The van der Waals surface area contributed by atoms with Gasteiger partial charge in [-0.3, -0.25) is 14.4 Å². The monoisotopic (exact) mass is 550 g/mol. The molecule has 38 heavy (non-hydrogen) atoms. The minimum Gasteiger partial charge on any atom is -0.390 e. The maximum absolute atomic E-state index is 17.4. The second-order valence-electron chi connectivity index (χ2n) is 12.5. The molecule has 3 saturated carbocycles. The number of aliphatic hydroxyl groups excluding tert-OH is 1. The molecular formula is C28H39FN2O6S. The van der Waals surface area contributed by atoms with E-state index in [1.807, 2.05) is 6.92 Å². The minimum atomic E-state index is -1.99. The van der Waals surface area contributed by atoms with Crippen molar-refractivity contribution in [2.24, 2.45) is 28.4 Å². The van der Waals surface area contributed by atoms with Crippen LogP contribution in [-0.2, 0) is 23.9 Å². The highest BCUT2D eigenvalue weighted by atomic mass is 32.2. The summed E-state index contributed by atoms with van der Waals surface area (Å²) < 4.78 is 30.3. The van der Waals surface area contributed by atoms with Crippen molar-refractivity contribution in [2.75, 3.05) is 18.6 Å². The highest BCUT2D eigenvalue weighted by Gasteiger charge is 2.79. The Morgan fingerprint density at radius 3 is 2.68 bits per heavy atom. The third kappa shape index (κ3) is 3.59. The Morgan fingerprint density at radius 2 is 2.00 bits per heavy atom. The third-order valence-electron chi connectivity index (χ3n) is 10.2. The fraction of sp³-hybridized carbons (Fsp3) is 0.750. The number of halogens is 1. The van der Waals surface area contributed by atoms with Crippen LogP contribution in [0.1, 0.15) is 53.4 Å². The van der Waals surface area contributed by atoms with Crippen LogP contribution in [0, 0.1) is 22.7 Å². The number of Topliss-reactive ketones (excluding diaryl/α,β-unsaturated/α-hetero) is 1. The van der Waals surface area contributed by atoms with Crippen LogP contribution in [-0.4, -0.2) is 76.4 Å². The zero-order valence-corrected chi connectivity index (χ0v) is 23.5. The molecule has 8 nitrogen and oxygen atoms in total. The van der Waals surface area contributed by atoms with E-state index in [0.29, 0.717) is 24.8 Å². The lowest BCUT2D eigenvalue weighted by atomic mass is 9.44. The van der Waals surface area contributed by atoms with Crippen LogP contribution in [0.4, 0.5) is 4.39 Å². The third-order valence-corrected chi connectivity index (χ3v) is 11.2. The summed E-state index contributed by atoms with van der Waals surface area (Å²) in [5.74, 6) is -2.17. The van der Waals surface area contributed by atoms with Gasteiger partial charge in [-0.05, 0) is 64.5 Å². The first-order chi connectivity index (χ1) is 17.7. The van der Waals surface area contributed by atoms with E-state index in [1.165, 1.54) is 31.0 Å². The van der Waals surface area contributed by atoms with Gasteiger partial charge in [0.1, 0.15) is 0 Å². The summed E-state index contributed by atoms with van der Waals surface area (Å²) in [6.07, 6.45) is 4.07. The number of carbonyl (C=O) groups is 3. The molecule has 1 unspecified atom stereocenters. The molecule has 4 fully saturated rings. The van der Waals surface area contributed by atoms with Gasteiger partial charge in [0, 0.05) is 29.5 Å². The van der Waals surface area contributed by atoms with Gasteiger partial charge in [0.25, 0.3) is 0 Å². The zero-order chi connectivity index (χ0) is 27.9. The average Bonchev–Trinajstić information content (AvgIpc) is 3.25. The van der Waals surface area contributed by atoms with Crippen LogP contribution in [0.2, 0.25) is 0 Å². The van der Waals surface area contributed by atoms with Crippen molar-refractivity contribution in [3.63, 3.8) is 0 Å². The number of nitrogens with one attached hydrogen (secondary N) is 1. The fourth-order valence-electron chi connectivity index (χ4n) is 8.46. The van der Waals surface area contributed by atoms with Gasteiger partial charge in [-0.2, -0.15) is 11.8 Å². The number of hydrogen-bond acceptors (Lipinski definition) is 8. The van der Waals surface area contributed by atoms with E-state index < -0.39 is 52.1 Å². The first-order valence-corrected chi connectivity index (χ1v) is 14.6. The minimum absolute atomic E-state index is 0.0272. The van der Waals surface area contributed by atoms with Crippen molar-refractivity contribution in [3.8, 4) is 0 Å². The van der Waals surface area contributed by atoms with Crippen molar-refractivity contribution in [1.82, 2.24) is 5.32 Å². The Kier molecular flexibility index (Phi) is 6.59. The number of rotatable bonds is 6. The quantitative estimate of drug-likeness (QED) is 0.460. The largest absolute Gasteiger partial charge is 0.390 e.